The van der Waals surface area contributed by atoms with Gasteiger partial charge in [0.25, 0.3) is 0 Å². The largest absolute Gasteiger partial charge is 0.333 e. The fourth-order valence-corrected chi connectivity index (χ4v) is 5.15. The third-order valence-corrected chi connectivity index (χ3v) is 7.12. The zero-order valence-corrected chi connectivity index (χ0v) is 23.2. The van der Waals surface area contributed by atoms with Gasteiger partial charge in [-0.2, -0.15) is 5.21 Å². The van der Waals surface area contributed by atoms with E-state index in [1.807, 2.05) is 57.9 Å². The van der Waals surface area contributed by atoms with Gasteiger partial charge in [-0.25, -0.2) is 4.79 Å². The first-order valence-electron chi connectivity index (χ1n) is 13.6. The first-order chi connectivity index (χ1) is 18.9. The number of nitrogens with one attached hydrogen (secondary N) is 1. The van der Waals surface area contributed by atoms with Crippen molar-refractivity contribution in [3.63, 3.8) is 0 Å². The van der Waals surface area contributed by atoms with Crippen LogP contribution in [0.3, 0.4) is 0 Å². The molecule has 1 N–H and O–H groups in total. The molecule has 0 bridgehead atoms. The van der Waals surface area contributed by atoms with Crippen molar-refractivity contribution in [2.75, 3.05) is 0 Å². The van der Waals surface area contributed by atoms with Crippen molar-refractivity contribution in [1.29, 1.82) is 0 Å². The number of aryl methyl sites for hydroxylation is 1. The Labute approximate surface area is 228 Å². The van der Waals surface area contributed by atoms with Crippen molar-refractivity contribution < 1.29 is 0 Å². The highest BCUT2D eigenvalue weighted by molar-refractivity contribution is 5.79. The molecule has 8 heteroatoms. The molecule has 3 heterocycles. The average Bonchev–Trinajstić information content (AvgIpc) is 3.58. The van der Waals surface area contributed by atoms with Crippen LogP contribution in [0.15, 0.2) is 71.8 Å². The first kappa shape index (κ1) is 26.3. The summed E-state index contributed by atoms with van der Waals surface area (Å²) >= 11 is 0. The standard InChI is InChI=1S/C31H35N7O/c1-6-10-24-19-38(29-25(20(2)3)13-9-14-26(29)21(4)5)31(39)37(24)18-23-16-15-22(17-32-23)27-11-7-8-12-28(27)30-33-35-36-34-30/h7-9,11-17,19-21H,6,10,18H2,1-5H3,(H,33,34,35,36). The van der Waals surface area contributed by atoms with Crippen LogP contribution < -0.4 is 5.69 Å². The maximum Gasteiger partial charge on any atom is 0.333 e. The number of hydrogen-bond donors (Lipinski definition) is 1. The molecule has 5 rings (SSSR count). The number of aromatic nitrogens is 7. The fourth-order valence-electron chi connectivity index (χ4n) is 5.15. The van der Waals surface area contributed by atoms with E-state index in [-0.39, 0.29) is 5.69 Å². The number of imidazole rings is 1. The van der Waals surface area contributed by atoms with Gasteiger partial charge in [-0.3, -0.25) is 14.1 Å². The molecule has 3 aromatic heterocycles. The number of benzene rings is 2. The fraction of sp³-hybridized carbons (Fsp3) is 0.323. The molecule has 39 heavy (non-hydrogen) atoms. The summed E-state index contributed by atoms with van der Waals surface area (Å²) in [6.45, 7) is 11.3. The van der Waals surface area contributed by atoms with Crippen molar-refractivity contribution in [3.8, 4) is 28.2 Å². The molecule has 0 unspecified atom stereocenters. The molecule has 0 saturated heterocycles. The summed E-state index contributed by atoms with van der Waals surface area (Å²) in [7, 11) is 0. The molecule has 0 radical (unpaired) electrons. The summed E-state index contributed by atoms with van der Waals surface area (Å²) in [5.41, 5.74) is 8.01. The van der Waals surface area contributed by atoms with E-state index >= 15 is 0 Å². The maximum atomic E-state index is 14.0. The molecule has 5 aromatic rings. The Bertz CT molecular complexity index is 1580. The number of tetrazole rings is 1. The highest BCUT2D eigenvalue weighted by Crippen LogP contribution is 2.31. The molecule has 0 atom stereocenters. The Balaban J connectivity index is 1.53. The van der Waals surface area contributed by atoms with Gasteiger partial charge in [0.05, 0.1) is 17.9 Å². The van der Waals surface area contributed by atoms with Gasteiger partial charge >= 0.3 is 5.69 Å². The molecular weight excluding hydrogens is 486 g/mol. The van der Waals surface area contributed by atoms with Gasteiger partial charge in [0.15, 0.2) is 0 Å². The van der Waals surface area contributed by atoms with Crippen molar-refractivity contribution in [2.24, 2.45) is 0 Å². The van der Waals surface area contributed by atoms with E-state index < -0.39 is 0 Å². The van der Waals surface area contributed by atoms with Crippen molar-refractivity contribution in [2.45, 2.75) is 65.8 Å². The van der Waals surface area contributed by atoms with Crippen molar-refractivity contribution in [3.05, 3.63) is 100.0 Å². The van der Waals surface area contributed by atoms with Gasteiger partial charge in [-0.15, -0.1) is 10.2 Å². The molecule has 0 aliphatic rings. The number of rotatable bonds is 9. The molecule has 0 amide bonds. The zero-order chi connectivity index (χ0) is 27.5. The van der Waals surface area contributed by atoms with Crippen LogP contribution in [0.5, 0.6) is 0 Å². The second-order valence-electron chi connectivity index (χ2n) is 10.5. The molecule has 8 nitrogen and oxygen atoms in total. The lowest BCUT2D eigenvalue weighted by molar-refractivity contribution is 0.676. The van der Waals surface area contributed by atoms with E-state index in [1.165, 1.54) is 11.1 Å². The highest BCUT2D eigenvalue weighted by Gasteiger charge is 2.20. The Morgan fingerprint density at radius 3 is 2.21 bits per heavy atom. The van der Waals surface area contributed by atoms with Crippen LogP contribution in [0.1, 0.15) is 75.4 Å². The molecule has 2 aromatic carbocycles. The first-order valence-corrected chi connectivity index (χ1v) is 13.6. The van der Waals surface area contributed by atoms with Gasteiger partial charge < -0.3 is 0 Å². The number of H-pyrrole nitrogens is 1. The monoisotopic (exact) mass is 521 g/mol. The van der Waals surface area contributed by atoms with Gasteiger partial charge in [0.2, 0.25) is 5.82 Å². The van der Waals surface area contributed by atoms with E-state index in [2.05, 4.69) is 73.4 Å². The number of hydrogen-bond acceptors (Lipinski definition) is 5. The van der Waals surface area contributed by atoms with E-state index in [9.17, 15) is 4.79 Å². The second kappa shape index (κ2) is 11.2. The number of nitrogens with zero attached hydrogens (tertiary/aromatic N) is 6. The van der Waals surface area contributed by atoms with Crippen LogP contribution in [0.2, 0.25) is 0 Å². The van der Waals surface area contributed by atoms with E-state index in [0.717, 1.165) is 46.6 Å². The van der Waals surface area contributed by atoms with Crippen LogP contribution in [0.4, 0.5) is 0 Å². The number of para-hydroxylation sites is 1. The van der Waals surface area contributed by atoms with E-state index in [0.29, 0.717) is 24.2 Å². The summed E-state index contributed by atoms with van der Waals surface area (Å²) in [5.74, 6) is 1.13. The minimum absolute atomic E-state index is 0.0261. The van der Waals surface area contributed by atoms with E-state index in [1.54, 1.807) is 0 Å². The topological polar surface area (TPSA) is 94.3 Å². The third-order valence-electron chi connectivity index (χ3n) is 7.12. The van der Waals surface area contributed by atoms with Gasteiger partial charge in [0.1, 0.15) is 0 Å². The van der Waals surface area contributed by atoms with Crippen LogP contribution in [0.25, 0.3) is 28.2 Å². The lowest BCUT2D eigenvalue weighted by Gasteiger charge is -2.19. The SMILES string of the molecule is CCCc1cn(-c2c(C(C)C)cccc2C(C)C)c(=O)n1Cc1ccc(-c2ccccc2-c2nn[nH]n2)cn1. The summed E-state index contributed by atoms with van der Waals surface area (Å²) in [6, 6.07) is 18.3. The van der Waals surface area contributed by atoms with Crippen LogP contribution in [-0.2, 0) is 13.0 Å². The predicted octanol–water partition coefficient (Wildman–Crippen LogP) is 6.13. The second-order valence-corrected chi connectivity index (χ2v) is 10.5. The quantitative estimate of drug-likeness (QED) is 0.252. The molecule has 0 spiro atoms. The smallest absolute Gasteiger partial charge is 0.290 e. The summed E-state index contributed by atoms with van der Waals surface area (Å²) in [5, 5.41) is 14.5. The van der Waals surface area contributed by atoms with Crippen LogP contribution in [0, 0.1) is 0 Å². The zero-order valence-electron chi connectivity index (χ0n) is 23.2. The minimum atomic E-state index is -0.0261. The molecule has 0 fully saturated rings. The Morgan fingerprint density at radius 1 is 0.897 bits per heavy atom. The Kier molecular flexibility index (Phi) is 7.54. The third kappa shape index (κ3) is 5.19. The van der Waals surface area contributed by atoms with Crippen LogP contribution in [-0.4, -0.2) is 34.7 Å². The lowest BCUT2D eigenvalue weighted by atomic mass is 9.92. The normalized spacial score (nSPS) is 11.6. The van der Waals surface area contributed by atoms with Crippen molar-refractivity contribution >= 4 is 0 Å². The van der Waals surface area contributed by atoms with Gasteiger partial charge in [-0.05, 0) is 46.2 Å². The Morgan fingerprint density at radius 2 is 1.62 bits per heavy atom. The summed E-state index contributed by atoms with van der Waals surface area (Å²) < 4.78 is 3.74. The molecule has 0 aliphatic carbocycles. The van der Waals surface area contributed by atoms with Gasteiger partial charge in [0, 0.05) is 29.2 Å². The summed E-state index contributed by atoms with van der Waals surface area (Å²) in [4.78, 5) is 18.7. The minimum Gasteiger partial charge on any atom is -0.290 e. The van der Waals surface area contributed by atoms with E-state index in [4.69, 9.17) is 4.98 Å². The predicted molar refractivity (Wildman–Crippen MR) is 154 cm³/mol. The molecular formula is C31H35N7O. The van der Waals surface area contributed by atoms with Gasteiger partial charge in [-0.1, -0.05) is 89.6 Å². The molecule has 0 aliphatic heterocycles. The van der Waals surface area contributed by atoms with Crippen LogP contribution >= 0.6 is 0 Å². The lowest BCUT2D eigenvalue weighted by Crippen LogP contribution is -2.26. The number of aromatic amines is 1. The summed E-state index contributed by atoms with van der Waals surface area (Å²) in [6.07, 6.45) is 5.65. The molecule has 0 saturated carbocycles. The highest BCUT2D eigenvalue weighted by atomic mass is 16.1. The maximum absolute atomic E-state index is 14.0. The molecule has 200 valence electrons. The van der Waals surface area contributed by atoms with Crippen molar-refractivity contribution in [1.82, 2.24) is 34.7 Å². The number of pyridine rings is 1. The Hall–Kier alpha value is -4.33. The average molecular weight is 522 g/mol.